The second kappa shape index (κ2) is 10.8. The van der Waals surface area contributed by atoms with Crippen LogP contribution in [0.25, 0.3) is 22.3 Å². The molecule has 8 heteroatoms. The van der Waals surface area contributed by atoms with Gasteiger partial charge in [-0.05, 0) is 28.8 Å². The highest BCUT2D eigenvalue weighted by Gasteiger charge is 2.16. The van der Waals surface area contributed by atoms with Crippen molar-refractivity contribution in [3.63, 3.8) is 0 Å². The first-order valence-corrected chi connectivity index (χ1v) is 12.8. The summed E-state index contributed by atoms with van der Waals surface area (Å²) in [5.41, 5.74) is 4.45. The highest BCUT2D eigenvalue weighted by atomic mass is 35.5. The van der Waals surface area contributed by atoms with Gasteiger partial charge in [0.15, 0.2) is 5.16 Å². The van der Waals surface area contributed by atoms with E-state index in [1.807, 2.05) is 84.9 Å². The topological polar surface area (TPSA) is 79.8 Å². The van der Waals surface area contributed by atoms with E-state index in [2.05, 4.69) is 10.3 Å². The number of amides is 1. The van der Waals surface area contributed by atoms with Crippen molar-refractivity contribution in [3.8, 4) is 11.3 Å². The Kier molecular flexibility index (Phi) is 7.21. The molecule has 0 fully saturated rings. The summed E-state index contributed by atoms with van der Waals surface area (Å²) in [6.45, 7) is 0.687. The van der Waals surface area contributed by atoms with Crippen LogP contribution < -0.4 is 10.9 Å². The van der Waals surface area contributed by atoms with E-state index in [-0.39, 0.29) is 17.2 Å². The lowest BCUT2D eigenvalue weighted by Crippen LogP contribution is -2.27. The summed E-state index contributed by atoms with van der Waals surface area (Å²) in [6, 6.07) is 28.8. The van der Waals surface area contributed by atoms with E-state index >= 15 is 0 Å². The summed E-state index contributed by atoms with van der Waals surface area (Å²) in [4.78, 5) is 34.2. The van der Waals surface area contributed by atoms with Gasteiger partial charge in [0.1, 0.15) is 5.52 Å². The Labute approximate surface area is 217 Å². The molecule has 0 aliphatic heterocycles. The van der Waals surface area contributed by atoms with Crippen molar-refractivity contribution in [2.75, 3.05) is 5.75 Å². The van der Waals surface area contributed by atoms with Crippen LogP contribution >= 0.6 is 23.4 Å². The van der Waals surface area contributed by atoms with Gasteiger partial charge in [0.2, 0.25) is 5.91 Å². The third kappa shape index (κ3) is 5.37. The Morgan fingerprint density at radius 2 is 1.67 bits per heavy atom. The molecule has 0 atom stereocenters. The van der Waals surface area contributed by atoms with Gasteiger partial charge < -0.3 is 10.3 Å². The molecule has 1 amide bonds. The van der Waals surface area contributed by atoms with Gasteiger partial charge >= 0.3 is 0 Å². The first kappa shape index (κ1) is 23.9. The molecule has 2 N–H and O–H groups in total. The number of carbonyl (C=O) groups excluding carboxylic acids is 1. The lowest BCUT2D eigenvalue weighted by Gasteiger charge is -2.12. The fourth-order valence-electron chi connectivity index (χ4n) is 3.89. The summed E-state index contributed by atoms with van der Waals surface area (Å²) >= 11 is 7.43. The molecular formula is C28H23ClN4O2S. The lowest BCUT2D eigenvalue weighted by molar-refractivity contribution is -0.118. The lowest BCUT2D eigenvalue weighted by atomic mass is 10.2. The second-order valence-corrected chi connectivity index (χ2v) is 9.59. The zero-order valence-corrected chi connectivity index (χ0v) is 20.9. The van der Waals surface area contributed by atoms with E-state index in [0.29, 0.717) is 34.3 Å². The normalized spacial score (nSPS) is 11.0. The molecule has 0 unspecified atom stereocenters. The zero-order chi connectivity index (χ0) is 24.9. The van der Waals surface area contributed by atoms with Crippen molar-refractivity contribution in [1.82, 2.24) is 19.9 Å². The Morgan fingerprint density at radius 1 is 0.972 bits per heavy atom. The molecule has 0 radical (unpaired) electrons. The molecule has 2 aromatic heterocycles. The smallest absolute Gasteiger partial charge is 0.278 e. The SMILES string of the molecule is O=C(CSc1nc2cc(-c3ccccc3)[nH]c2c(=O)n1Cc1ccccc1)NCc1ccccc1Cl. The maximum atomic E-state index is 13.6. The maximum Gasteiger partial charge on any atom is 0.278 e. The van der Waals surface area contributed by atoms with Crippen LogP contribution in [0.5, 0.6) is 0 Å². The van der Waals surface area contributed by atoms with Crippen molar-refractivity contribution < 1.29 is 4.79 Å². The van der Waals surface area contributed by atoms with E-state index < -0.39 is 0 Å². The number of nitrogens with zero attached hydrogens (tertiary/aromatic N) is 2. The van der Waals surface area contributed by atoms with Gasteiger partial charge in [0.05, 0.1) is 17.8 Å². The van der Waals surface area contributed by atoms with Crippen molar-refractivity contribution in [2.24, 2.45) is 0 Å². The Hall–Kier alpha value is -3.81. The number of hydrogen-bond donors (Lipinski definition) is 2. The van der Waals surface area contributed by atoms with Gasteiger partial charge in [0.25, 0.3) is 5.56 Å². The number of carbonyl (C=O) groups is 1. The van der Waals surface area contributed by atoms with Crippen molar-refractivity contribution in [2.45, 2.75) is 18.2 Å². The van der Waals surface area contributed by atoms with E-state index in [0.717, 1.165) is 22.4 Å². The number of H-pyrrole nitrogens is 1. The summed E-state index contributed by atoms with van der Waals surface area (Å²) in [5.74, 6) is -0.0489. The van der Waals surface area contributed by atoms with Crippen LogP contribution in [0, 0.1) is 0 Å². The van der Waals surface area contributed by atoms with E-state index in [1.54, 1.807) is 10.6 Å². The summed E-state index contributed by atoms with van der Waals surface area (Å²) in [5, 5.41) is 3.99. The highest BCUT2D eigenvalue weighted by Crippen LogP contribution is 2.24. The first-order valence-electron chi connectivity index (χ1n) is 11.4. The standard InChI is InChI=1S/C28H23ClN4O2S/c29-22-14-8-7-13-21(22)16-30-25(34)18-36-28-32-24-15-23(20-11-5-2-6-12-20)31-26(24)27(35)33(28)17-19-9-3-1-4-10-19/h1-15,31H,16-18H2,(H,30,34). The number of aromatic amines is 1. The minimum absolute atomic E-state index is 0.118. The first-order chi connectivity index (χ1) is 17.6. The third-order valence-electron chi connectivity index (χ3n) is 5.74. The van der Waals surface area contributed by atoms with Crippen LogP contribution in [0.15, 0.2) is 101 Å². The number of benzene rings is 3. The quantitative estimate of drug-likeness (QED) is 0.211. The van der Waals surface area contributed by atoms with Gasteiger partial charge in [-0.1, -0.05) is 102 Å². The number of fused-ring (bicyclic) bond motifs is 1. The zero-order valence-electron chi connectivity index (χ0n) is 19.3. The maximum absolute atomic E-state index is 13.6. The molecule has 5 aromatic rings. The molecule has 2 heterocycles. The molecule has 5 rings (SSSR count). The number of aromatic nitrogens is 3. The van der Waals surface area contributed by atoms with Crippen LogP contribution in [0.3, 0.4) is 0 Å². The van der Waals surface area contributed by atoms with E-state index in [4.69, 9.17) is 16.6 Å². The third-order valence-corrected chi connectivity index (χ3v) is 7.08. The molecule has 36 heavy (non-hydrogen) atoms. The Morgan fingerprint density at radius 3 is 2.42 bits per heavy atom. The van der Waals surface area contributed by atoms with Crippen LogP contribution in [-0.2, 0) is 17.9 Å². The minimum Gasteiger partial charge on any atom is -0.351 e. The number of halogens is 1. The van der Waals surface area contributed by atoms with Gasteiger partial charge in [-0.25, -0.2) is 4.98 Å². The van der Waals surface area contributed by atoms with Crippen molar-refractivity contribution >= 4 is 40.3 Å². The monoisotopic (exact) mass is 514 g/mol. The fourth-order valence-corrected chi connectivity index (χ4v) is 4.92. The predicted octanol–water partition coefficient (Wildman–Crippen LogP) is 5.50. The van der Waals surface area contributed by atoms with Crippen molar-refractivity contribution in [3.05, 3.63) is 117 Å². The molecule has 0 saturated carbocycles. The summed E-state index contributed by atoms with van der Waals surface area (Å²) < 4.78 is 1.62. The van der Waals surface area contributed by atoms with Gasteiger partial charge in [0, 0.05) is 17.3 Å². The molecule has 0 bridgehead atoms. The summed E-state index contributed by atoms with van der Waals surface area (Å²) in [6.07, 6.45) is 0. The molecule has 3 aromatic carbocycles. The van der Waals surface area contributed by atoms with Crippen LogP contribution in [0.4, 0.5) is 0 Å². The molecular weight excluding hydrogens is 492 g/mol. The van der Waals surface area contributed by atoms with Crippen LogP contribution in [0.2, 0.25) is 5.02 Å². The van der Waals surface area contributed by atoms with Crippen molar-refractivity contribution in [1.29, 1.82) is 0 Å². The number of thioether (sulfide) groups is 1. The van der Waals surface area contributed by atoms with Gasteiger partial charge in [-0.15, -0.1) is 0 Å². The fraction of sp³-hybridized carbons (Fsp3) is 0.107. The average Bonchev–Trinajstić information content (AvgIpc) is 3.34. The molecule has 0 spiro atoms. The van der Waals surface area contributed by atoms with Gasteiger partial charge in [-0.3, -0.25) is 14.2 Å². The number of rotatable bonds is 8. The molecule has 0 saturated heterocycles. The molecule has 0 aliphatic rings. The molecule has 180 valence electrons. The Bertz CT molecular complexity index is 1570. The Balaban J connectivity index is 1.43. The second-order valence-electron chi connectivity index (χ2n) is 8.24. The van der Waals surface area contributed by atoms with Crippen LogP contribution in [-0.4, -0.2) is 26.2 Å². The number of hydrogen-bond acceptors (Lipinski definition) is 4. The van der Waals surface area contributed by atoms with E-state index in [1.165, 1.54) is 11.8 Å². The summed E-state index contributed by atoms with van der Waals surface area (Å²) in [7, 11) is 0. The number of nitrogens with one attached hydrogen (secondary N) is 2. The van der Waals surface area contributed by atoms with Crippen LogP contribution in [0.1, 0.15) is 11.1 Å². The highest BCUT2D eigenvalue weighted by molar-refractivity contribution is 7.99. The minimum atomic E-state index is -0.176. The molecule has 6 nitrogen and oxygen atoms in total. The van der Waals surface area contributed by atoms with E-state index in [9.17, 15) is 9.59 Å². The van der Waals surface area contributed by atoms with Gasteiger partial charge in [-0.2, -0.15) is 0 Å². The average molecular weight is 515 g/mol. The predicted molar refractivity (Wildman–Crippen MR) is 145 cm³/mol. The molecule has 0 aliphatic carbocycles. The largest absolute Gasteiger partial charge is 0.351 e.